The van der Waals surface area contributed by atoms with Gasteiger partial charge < -0.3 is 10.2 Å². The molecule has 0 spiro atoms. The van der Waals surface area contributed by atoms with Crippen LogP contribution in [0.1, 0.15) is 47.9 Å². The first kappa shape index (κ1) is 30.2. The number of hydrogen-bond acceptors (Lipinski definition) is 4. The third-order valence-corrected chi connectivity index (χ3v) is 8.70. The number of sulfonamides is 1. The average molecular weight is 580 g/mol. The van der Waals surface area contributed by atoms with Crippen LogP contribution in [-0.2, 0) is 32.6 Å². The SMILES string of the molecule is Cc1ccc(N(CC(=O)N(Cc2ccccc2F)[C@H](Cc2ccccc2)C(=O)NC2CCCC2)S(C)(=O)=O)c(C)c1. The molecule has 0 heterocycles. The number of amides is 2. The van der Waals surface area contributed by atoms with E-state index in [1.165, 1.54) is 11.0 Å². The van der Waals surface area contributed by atoms with Crippen LogP contribution in [0, 0.1) is 19.7 Å². The van der Waals surface area contributed by atoms with Crippen molar-refractivity contribution in [3.63, 3.8) is 0 Å². The van der Waals surface area contributed by atoms with Crippen molar-refractivity contribution in [2.75, 3.05) is 17.1 Å². The van der Waals surface area contributed by atoms with E-state index >= 15 is 0 Å². The fourth-order valence-electron chi connectivity index (χ4n) is 5.41. The van der Waals surface area contributed by atoms with E-state index in [1.54, 1.807) is 37.3 Å². The van der Waals surface area contributed by atoms with E-state index in [1.807, 2.05) is 43.3 Å². The Hall–Kier alpha value is -3.72. The van der Waals surface area contributed by atoms with Crippen molar-refractivity contribution >= 4 is 27.5 Å². The van der Waals surface area contributed by atoms with Crippen LogP contribution < -0.4 is 9.62 Å². The summed E-state index contributed by atoms with van der Waals surface area (Å²) in [5, 5.41) is 3.11. The number of hydrogen-bond donors (Lipinski definition) is 1. The number of nitrogens with zero attached hydrogens (tertiary/aromatic N) is 2. The predicted octanol–water partition coefficient (Wildman–Crippen LogP) is 4.91. The van der Waals surface area contributed by atoms with E-state index in [0.29, 0.717) is 11.3 Å². The largest absolute Gasteiger partial charge is 0.352 e. The first-order valence-corrected chi connectivity index (χ1v) is 15.8. The van der Waals surface area contributed by atoms with Gasteiger partial charge in [0.1, 0.15) is 18.4 Å². The number of benzene rings is 3. The number of carbonyl (C=O) groups is 2. The molecule has 4 rings (SSSR count). The highest BCUT2D eigenvalue weighted by Gasteiger charge is 2.34. The van der Waals surface area contributed by atoms with Crippen molar-refractivity contribution in [1.82, 2.24) is 10.2 Å². The molecule has 1 aliphatic rings. The lowest BCUT2D eigenvalue weighted by atomic mass is 10.0. The summed E-state index contributed by atoms with van der Waals surface area (Å²) in [7, 11) is -3.88. The van der Waals surface area contributed by atoms with Gasteiger partial charge in [-0.25, -0.2) is 12.8 Å². The molecule has 3 aromatic rings. The van der Waals surface area contributed by atoms with Crippen molar-refractivity contribution in [1.29, 1.82) is 0 Å². The molecule has 0 aliphatic heterocycles. The topological polar surface area (TPSA) is 86.8 Å². The smallest absolute Gasteiger partial charge is 0.244 e. The number of aryl methyl sites for hydroxylation is 2. The van der Waals surface area contributed by atoms with E-state index in [2.05, 4.69) is 5.32 Å². The minimum absolute atomic E-state index is 0.00825. The summed E-state index contributed by atoms with van der Waals surface area (Å²) in [6.45, 7) is 2.97. The number of rotatable bonds is 11. The fourth-order valence-corrected chi connectivity index (χ4v) is 6.32. The van der Waals surface area contributed by atoms with Crippen LogP contribution in [0.3, 0.4) is 0 Å². The van der Waals surface area contributed by atoms with Gasteiger partial charge in [-0.15, -0.1) is 0 Å². The van der Waals surface area contributed by atoms with Gasteiger partial charge >= 0.3 is 0 Å². The van der Waals surface area contributed by atoms with Crippen molar-refractivity contribution in [2.45, 2.75) is 64.6 Å². The van der Waals surface area contributed by atoms with Gasteiger partial charge in [0.15, 0.2) is 0 Å². The summed E-state index contributed by atoms with van der Waals surface area (Å²) in [4.78, 5) is 29.3. The molecule has 1 aliphatic carbocycles. The normalized spacial score (nSPS) is 14.4. The van der Waals surface area contributed by atoms with Crippen LogP contribution in [-0.4, -0.2) is 50.0 Å². The lowest BCUT2D eigenvalue weighted by molar-refractivity contribution is -0.140. The van der Waals surface area contributed by atoms with Crippen molar-refractivity contribution in [3.05, 3.63) is 101 Å². The van der Waals surface area contributed by atoms with Crippen LogP contribution in [0.2, 0.25) is 0 Å². The average Bonchev–Trinajstić information content (AvgIpc) is 3.43. The predicted molar refractivity (Wildman–Crippen MR) is 159 cm³/mol. The van der Waals surface area contributed by atoms with E-state index in [-0.39, 0.29) is 30.5 Å². The van der Waals surface area contributed by atoms with Crippen LogP contribution >= 0.6 is 0 Å². The van der Waals surface area contributed by atoms with Crippen LogP contribution in [0.15, 0.2) is 72.8 Å². The monoisotopic (exact) mass is 579 g/mol. The molecule has 41 heavy (non-hydrogen) atoms. The maximum absolute atomic E-state index is 14.9. The molecule has 9 heteroatoms. The van der Waals surface area contributed by atoms with Crippen LogP contribution in [0.25, 0.3) is 0 Å². The molecular weight excluding hydrogens is 541 g/mol. The Labute approximate surface area is 242 Å². The fraction of sp³-hybridized carbons (Fsp3) is 0.375. The quantitative estimate of drug-likeness (QED) is 0.350. The Kier molecular flexibility index (Phi) is 9.81. The summed E-state index contributed by atoms with van der Waals surface area (Å²) < 4.78 is 41.9. The summed E-state index contributed by atoms with van der Waals surface area (Å²) in [5.41, 5.74) is 3.11. The molecule has 1 N–H and O–H groups in total. The van der Waals surface area contributed by atoms with Crippen molar-refractivity contribution in [2.24, 2.45) is 0 Å². The molecule has 0 unspecified atom stereocenters. The first-order valence-electron chi connectivity index (χ1n) is 13.9. The molecule has 3 aromatic carbocycles. The van der Waals surface area contributed by atoms with Gasteiger partial charge in [-0.05, 0) is 49.9 Å². The number of carbonyl (C=O) groups excluding carboxylic acids is 2. The molecule has 0 saturated heterocycles. The molecular formula is C32H38FN3O4S. The van der Waals surface area contributed by atoms with Gasteiger partial charge in [0.2, 0.25) is 21.8 Å². The van der Waals surface area contributed by atoms with Crippen molar-refractivity contribution < 1.29 is 22.4 Å². The van der Waals surface area contributed by atoms with E-state index in [0.717, 1.165) is 47.4 Å². The van der Waals surface area contributed by atoms with Crippen molar-refractivity contribution in [3.8, 4) is 0 Å². The van der Waals surface area contributed by atoms with Gasteiger partial charge in [-0.2, -0.15) is 0 Å². The first-order chi connectivity index (χ1) is 19.5. The maximum atomic E-state index is 14.9. The second-order valence-corrected chi connectivity index (χ2v) is 12.8. The summed E-state index contributed by atoms with van der Waals surface area (Å²) in [6.07, 6.45) is 5.01. The molecule has 1 atom stereocenters. The highest BCUT2D eigenvalue weighted by atomic mass is 32.2. The second-order valence-electron chi connectivity index (χ2n) is 10.9. The Balaban J connectivity index is 1.75. The third kappa shape index (κ3) is 7.94. The Morgan fingerprint density at radius 3 is 2.27 bits per heavy atom. The molecule has 2 amide bonds. The lowest BCUT2D eigenvalue weighted by Gasteiger charge is -2.34. The molecule has 0 bridgehead atoms. The zero-order valence-electron chi connectivity index (χ0n) is 23.8. The zero-order chi connectivity index (χ0) is 29.6. The maximum Gasteiger partial charge on any atom is 0.244 e. The highest BCUT2D eigenvalue weighted by molar-refractivity contribution is 7.92. The Morgan fingerprint density at radius 2 is 1.63 bits per heavy atom. The Bertz CT molecular complexity index is 1470. The van der Waals surface area contributed by atoms with Crippen LogP contribution in [0.5, 0.6) is 0 Å². The van der Waals surface area contributed by atoms with Gasteiger partial charge in [0.05, 0.1) is 11.9 Å². The van der Waals surface area contributed by atoms with E-state index in [9.17, 15) is 22.4 Å². The zero-order valence-corrected chi connectivity index (χ0v) is 24.7. The van der Waals surface area contributed by atoms with E-state index < -0.39 is 34.3 Å². The number of halogens is 1. The standard InChI is InChI=1S/C32H38FN3O4S/c1-23-17-18-29(24(2)19-23)36(41(3,39)40)22-31(37)35(21-26-13-7-10-16-28(26)33)30(20-25-11-5-4-6-12-25)32(38)34-27-14-8-9-15-27/h4-7,10-13,16-19,27,30H,8-9,14-15,20-22H2,1-3H3,(H,34,38)/t30-/m1/s1. The van der Waals surface area contributed by atoms with Gasteiger partial charge in [-0.1, -0.05) is 79.1 Å². The third-order valence-electron chi connectivity index (χ3n) is 7.57. The lowest BCUT2D eigenvalue weighted by Crippen LogP contribution is -2.54. The summed E-state index contributed by atoms with van der Waals surface area (Å²) in [6, 6.07) is 19.8. The molecule has 1 fully saturated rings. The molecule has 218 valence electrons. The molecule has 0 aromatic heterocycles. The number of nitrogens with one attached hydrogen (secondary N) is 1. The summed E-state index contributed by atoms with van der Waals surface area (Å²) in [5.74, 6) is -1.43. The molecule has 7 nitrogen and oxygen atoms in total. The highest BCUT2D eigenvalue weighted by Crippen LogP contribution is 2.25. The van der Waals surface area contributed by atoms with Gasteiger partial charge in [0.25, 0.3) is 0 Å². The van der Waals surface area contributed by atoms with Crippen LogP contribution in [0.4, 0.5) is 10.1 Å². The van der Waals surface area contributed by atoms with Gasteiger partial charge in [0, 0.05) is 24.6 Å². The van der Waals surface area contributed by atoms with E-state index in [4.69, 9.17) is 0 Å². The second kappa shape index (κ2) is 13.3. The molecule has 0 radical (unpaired) electrons. The number of anilines is 1. The minimum atomic E-state index is -3.88. The molecule has 1 saturated carbocycles. The Morgan fingerprint density at radius 1 is 0.976 bits per heavy atom. The van der Waals surface area contributed by atoms with Gasteiger partial charge in [-0.3, -0.25) is 13.9 Å². The summed E-state index contributed by atoms with van der Waals surface area (Å²) >= 11 is 0. The minimum Gasteiger partial charge on any atom is -0.352 e.